The predicted molar refractivity (Wildman–Crippen MR) is 158 cm³/mol. The van der Waals surface area contributed by atoms with E-state index in [-0.39, 0.29) is 54.7 Å². The van der Waals surface area contributed by atoms with Gasteiger partial charge in [0.1, 0.15) is 30.0 Å². The van der Waals surface area contributed by atoms with Gasteiger partial charge < -0.3 is 35.6 Å². The van der Waals surface area contributed by atoms with Gasteiger partial charge in [0, 0.05) is 13.7 Å². The minimum atomic E-state index is -1.23. The average molecular weight is 600 g/mol. The van der Waals surface area contributed by atoms with Crippen molar-refractivity contribution in [2.24, 2.45) is 5.92 Å². The van der Waals surface area contributed by atoms with Gasteiger partial charge in [-0.05, 0) is 43.7 Å². The molecule has 0 aromatic heterocycles. The van der Waals surface area contributed by atoms with Crippen molar-refractivity contribution in [2.75, 3.05) is 33.4 Å². The molecule has 3 aliphatic rings. The van der Waals surface area contributed by atoms with E-state index in [1.807, 2.05) is 13.8 Å². The normalized spacial score (nSPS) is 25.6. The number of benzene rings is 1. The molecule has 2 heterocycles. The summed E-state index contributed by atoms with van der Waals surface area (Å²) in [6, 6.07) is 4.45. The smallest absolute Gasteiger partial charge is 0.255 e. The van der Waals surface area contributed by atoms with E-state index in [0.29, 0.717) is 26.0 Å². The highest BCUT2D eigenvalue weighted by Crippen LogP contribution is 2.30. The van der Waals surface area contributed by atoms with E-state index in [4.69, 9.17) is 9.47 Å². The molecule has 0 unspecified atom stereocenters. The number of carbonyl (C=O) groups excluding carboxylic acids is 5. The van der Waals surface area contributed by atoms with Crippen molar-refractivity contribution in [1.82, 2.24) is 26.2 Å². The van der Waals surface area contributed by atoms with Gasteiger partial charge in [0.25, 0.3) is 5.91 Å². The van der Waals surface area contributed by atoms with Crippen LogP contribution in [-0.2, 0) is 23.9 Å². The Bertz CT molecular complexity index is 1180. The number of nitrogens with zero attached hydrogens (tertiary/aromatic N) is 1. The Hall–Kier alpha value is -3.67. The summed E-state index contributed by atoms with van der Waals surface area (Å²) >= 11 is 0. The molecule has 1 aromatic rings. The summed E-state index contributed by atoms with van der Waals surface area (Å²) in [6.45, 7) is 4.75. The van der Waals surface area contributed by atoms with Gasteiger partial charge in [-0.25, -0.2) is 0 Å². The lowest BCUT2D eigenvalue weighted by molar-refractivity contribution is -0.140. The summed E-state index contributed by atoms with van der Waals surface area (Å²) in [6.07, 6.45) is 4.39. The fourth-order valence-electron chi connectivity index (χ4n) is 6.23. The maximum Gasteiger partial charge on any atom is 0.255 e. The van der Waals surface area contributed by atoms with Crippen LogP contribution in [0, 0.1) is 5.92 Å². The lowest BCUT2D eigenvalue weighted by atomic mass is 9.80. The molecule has 4 rings (SSSR count). The molecule has 0 radical (unpaired) electrons. The third-order valence-electron chi connectivity index (χ3n) is 8.56. The monoisotopic (exact) mass is 599 g/mol. The highest BCUT2D eigenvalue weighted by molar-refractivity contribution is 6.01. The van der Waals surface area contributed by atoms with Crippen molar-refractivity contribution >= 4 is 29.5 Å². The Kier molecular flexibility index (Phi) is 11.0. The second kappa shape index (κ2) is 14.7. The van der Waals surface area contributed by atoms with Crippen LogP contribution in [-0.4, -0.2) is 91.5 Å². The van der Waals surface area contributed by atoms with Crippen LogP contribution in [0.4, 0.5) is 0 Å². The van der Waals surface area contributed by atoms with Gasteiger partial charge in [-0.15, -0.1) is 0 Å². The number of ether oxygens (including phenoxy) is 2. The van der Waals surface area contributed by atoms with Crippen molar-refractivity contribution < 1.29 is 33.4 Å². The molecule has 4 N–H and O–H groups in total. The van der Waals surface area contributed by atoms with Crippen LogP contribution in [0.3, 0.4) is 0 Å². The Balaban J connectivity index is 1.68. The number of likely N-dealkylation sites (tertiary alicyclic amines) is 1. The van der Waals surface area contributed by atoms with Crippen LogP contribution in [0.15, 0.2) is 24.3 Å². The quantitative estimate of drug-likeness (QED) is 0.406. The van der Waals surface area contributed by atoms with Gasteiger partial charge in [-0.1, -0.05) is 45.2 Å². The summed E-state index contributed by atoms with van der Waals surface area (Å²) in [5.74, 6) is -2.19. The Morgan fingerprint density at radius 3 is 2.53 bits per heavy atom. The first-order valence-corrected chi connectivity index (χ1v) is 15.4. The van der Waals surface area contributed by atoms with E-state index < -0.39 is 35.3 Å². The lowest BCUT2D eigenvalue weighted by Gasteiger charge is -2.38. The lowest BCUT2D eigenvalue weighted by Crippen LogP contribution is -2.64. The number of nitrogens with one attached hydrogen (secondary N) is 4. The van der Waals surface area contributed by atoms with Crippen LogP contribution >= 0.6 is 0 Å². The van der Waals surface area contributed by atoms with E-state index in [0.717, 1.165) is 32.1 Å². The number of hydrogen-bond acceptors (Lipinski definition) is 7. The topological polar surface area (TPSA) is 155 Å². The Morgan fingerprint density at radius 1 is 1.07 bits per heavy atom. The summed E-state index contributed by atoms with van der Waals surface area (Å²) in [7, 11) is 1.57. The molecule has 2 aliphatic heterocycles. The zero-order valence-corrected chi connectivity index (χ0v) is 25.4. The van der Waals surface area contributed by atoms with E-state index in [1.54, 1.807) is 36.3 Å². The molecule has 1 saturated carbocycles. The number of methoxy groups -OCH3 is 1. The Morgan fingerprint density at radius 2 is 1.81 bits per heavy atom. The first-order valence-electron chi connectivity index (χ1n) is 15.4. The highest BCUT2D eigenvalue weighted by atomic mass is 16.5. The number of carbonyl (C=O) groups is 5. The molecule has 43 heavy (non-hydrogen) atoms. The molecule has 1 aromatic carbocycles. The zero-order valence-electron chi connectivity index (χ0n) is 25.4. The SMILES string of the molecule is COC[C@@H]1CCCN1C(=O)[C@@H]1CC(=O)NC2(CCCCC2)C(=O)N[C@H](C(C)C)C(=O)NCCOc2ccccc2C(=O)N1. The van der Waals surface area contributed by atoms with Crippen molar-refractivity contribution in [3.05, 3.63) is 29.8 Å². The molecule has 1 saturated heterocycles. The number of amides is 5. The van der Waals surface area contributed by atoms with Crippen LogP contribution in [0.2, 0.25) is 0 Å². The molecule has 1 spiro atoms. The van der Waals surface area contributed by atoms with E-state index in [1.165, 1.54) is 0 Å². The fraction of sp³-hybridized carbons (Fsp3) is 0.645. The molecule has 0 bridgehead atoms. The Labute approximate surface area is 253 Å². The number of fused-ring (bicyclic) bond motifs is 1. The molecular weight excluding hydrogens is 554 g/mol. The zero-order chi connectivity index (χ0) is 31.0. The number of para-hydroxylation sites is 1. The summed E-state index contributed by atoms with van der Waals surface area (Å²) in [4.78, 5) is 69.7. The first kappa shape index (κ1) is 32.2. The van der Waals surface area contributed by atoms with E-state index >= 15 is 0 Å². The maximum absolute atomic E-state index is 13.9. The van der Waals surface area contributed by atoms with Gasteiger partial charge in [-0.3, -0.25) is 24.0 Å². The second-order valence-corrected chi connectivity index (χ2v) is 12.0. The fourth-order valence-corrected chi connectivity index (χ4v) is 6.23. The van der Waals surface area contributed by atoms with Crippen molar-refractivity contribution in [2.45, 2.75) is 88.9 Å². The van der Waals surface area contributed by atoms with Gasteiger partial charge in [0.2, 0.25) is 23.6 Å². The first-order chi connectivity index (χ1) is 20.6. The van der Waals surface area contributed by atoms with Crippen LogP contribution < -0.4 is 26.0 Å². The molecule has 236 valence electrons. The minimum absolute atomic E-state index is 0.0770. The van der Waals surface area contributed by atoms with Crippen LogP contribution in [0.1, 0.15) is 75.6 Å². The third-order valence-corrected chi connectivity index (χ3v) is 8.56. The second-order valence-electron chi connectivity index (χ2n) is 12.0. The van der Waals surface area contributed by atoms with Crippen molar-refractivity contribution in [1.29, 1.82) is 0 Å². The molecular formula is C31H45N5O7. The summed E-state index contributed by atoms with van der Waals surface area (Å²) in [5, 5.41) is 11.4. The average Bonchev–Trinajstić information content (AvgIpc) is 3.45. The molecule has 2 fully saturated rings. The summed E-state index contributed by atoms with van der Waals surface area (Å²) in [5.41, 5.74) is -1.03. The maximum atomic E-state index is 13.9. The minimum Gasteiger partial charge on any atom is -0.491 e. The van der Waals surface area contributed by atoms with Crippen molar-refractivity contribution in [3.8, 4) is 5.75 Å². The molecule has 1 aliphatic carbocycles. The molecule has 3 atom stereocenters. The molecule has 12 heteroatoms. The van der Waals surface area contributed by atoms with Crippen molar-refractivity contribution in [3.63, 3.8) is 0 Å². The standard InChI is InChI=1S/C31H45N5O7/c1-20(2)26-28(39)32-15-17-43-24-12-6-5-11-22(24)27(38)33-23(29(40)36-16-9-10-21(36)19-42-3)18-25(37)35-31(30(41)34-26)13-7-4-8-14-31/h5-6,11-12,20-21,23,26H,4,7-10,13-19H2,1-3H3,(H,32,39)(H,33,38)(H,34,41)(H,35,37)/t21-,23-,26+/m0/s1. The predicted octanol–water partition coefficient (Wildman–Crippen LogP) is 1.28. The van der Waals surface area contributed by atoms with Gasteiger partial charge >= 0.3 is 0 Å². The van der Waals surface area contributed by atoms with Crippen LogP contribution in [0.25, 0.3) is 0 Å². The number of rotatable bonds is 4. The molecule has 5 amide bonds. The van der Waals surface area contributed by atoms with Gasteiger partial charge in [-0.2, -0.15) is 0 Å². The van der Waals surface area contributed by atoms with Gasteiger partial charge in [0.15, 0.2) is 0 Å². The highest BCUT2D eigenvalue weighted by Gasteiger charge is 2.44. The summed E-state index contributed by atoms with van der Waals surface area (Å²) < 4.78 is 11.2. The molecule has 12 nitrogen and oxygen atoms in total. The van der Waals surface area contributed by atoms with Gasteiger partial charge in [0.05, 0.1) is 31.2 Å². The van der Waals surface area contributed by atoms with Crippen LogP contribution in [0.5, 0.6) is 5.75 Å². The largest absolute Gasteiger partial charge is 0.491 e. The number of hydrogen-bond donors (Lipinski definition) is 4. The van der Waals surface area contributed by atoms with E-state index in [2.05, 4.69) is 21.3 Å². The third kappa shape index (κ3) is 7.84. The van der Waals surface area contributed by atoms with E-state index in [9.17, 15) is 24.0 Å².